The Labute approximate surface area is 127 Å². The summed E-state index contributed by atoms with van der Waals surface area (Å²) in [5.74, 6) is 0.417. The number of carbonyl (C=O) groups is 1. The van der Waals surface area contributed by atoms with Crippen LogP contribution in [0.1, 0.15) is 0 Å². The summed E-state index contributed by atoms with van der Waals surface area (Å²) in [5, 5.41) is 2.68. The molecule has 1 aromatic carbocycles. The number of anilines is 1. The molecular weight excluding hydrogens is 301 g/mol. The molecule has 0 spiro atoms. The van der Waals surface area contributed by atoms with Gasteiger partial charge in [-0.15, -0.1) is 0 Å². The summed E-state index contributed by atoms with van der Waals surface area (Å²) in [6.07, 6.45) is -4.33. The van der Waals surface area contributed by atoms with E-state index in [1.807, 2.05) is 0 Å². The number of methoxy groups -OCH3 is 1. The largest absolute Gasteiger partial charge is 0.497 e. The van der Waals surface area contributed by atoms with Gasteiger partial charge in [0.2, 0.25) is 5.91 Å². The highest BCUT2D eigenvalue weighted by molar-refractivity contribution is 5.92. The van der Waals surface area contributed by atoms with E-state index in [9.17, 15) is 18.0 Å². The van der Waals surface area contributed by atoms with Crippen molar-refractivity contribution in [2.75, 3.05) is 45.8 Å². The SMILES string of the molecule is COc1ccc(NC(=O)CN(C)CCOCC(F)(F)F)cc1. The molecule has 124 valence electrons. The lowest BCUT2D eigenvalue weighted by molar-refractivity contribution is -0.174. The maximum absolute atomic E-state index is 11.9. The van der Waals surface area contributed by atoms with Crippen LogP contribution in [0.3, 0.4) is 0 Å². The number of halogens is 3. The average Bonchev–Trinajstić information content (AvgIpc) is 2.43. The number of hydrogen-bond acceptors (Lipinski definition) is 4. The first-order valence-corrected chi connectivity index (χ1v) is 6.57. The van der Waals surface area contributed by atoms with Gasteiger partial charge in [0.25, 0.3) is 0 Å². The van der Waals surface area contributed by atoms with Gasteiger partial charge < -0.3 is 14.8 Å². The number of ether oxygens (including phenoxy) is 2. The molecule has 1 aromatic rings. The molecule has 0 aliphatic heterocycles. The summed E-state index contributed by atoms with van der Waals surface area (Å²) in [6.45, 7) is -1.09. The van der Waals surface area contributed by atoms with Crippen LogP contribution in [0.4, 0.5) is 18.9 Å². The molecule has 5 nitrogen and oxygen atoms in total. The van der Waals surface area contributed by atoms with Crippen molar-refractivity contribution < 1.29 is 27.4 Å². The summed E-state index contributed by atoms with van der Waals surface area (Å²) in [4.78, 5) is 13.3. The monoisotopic (exact) mass is 320 g/mol. The number of hydrogen-bond donors (Lipinski definition) is 1. The Morgan fingerprint density at radius 2 is 1.91 bits per heavy atom. The van der Waals surface area contributed by atoms with E-state index in [1.165, 1.54) is 0 Å². The highest BCUT2D eigenvalue weighted by Gasteiger charge is 2.27. The van der Waals surface area contributed by atoms with Crippen molar-refractivity contribution >= 4 is 11.6 Å². The Bertz CT molecular complexity index is 463. The number of carbonyl (C=O) groups excluding carboxylic acids is 1. The van der Waals surface area contributed by atoms with Crippen LogP contribution in [-0.4, -0.2) is 57.4 Å². The highest BCUT2D eigenvalue weighted by atomic mass is 19.4. The van der Waals surface area contributed by atoms with Crippen molar-refractivity contribution in [3.05, 3.63) is 24.3 Å². The van der Waals surface area contributed by atoms with E-state index in [4.69, 9.17) is 4.74 Å². The minimum atomic E-state index is -4.33. The van der Waals surface area contributed by atoms with Gasteiger partial charge in [0, 0.05) is 12.2 Å². The molecule has 0 radical (unpaired) electrons. The van der Waals surface area contributed by atoms with E-state index in [2.05, 4.69) is 10.1 Å². The number of benzene rings is 1. The molecule has 1 N–H and O–H groups in total. The lowest BCUT2D eigenvalue weighted by Crippen LogP contribution is -2.33. The second-order valence-corrected chi connectivity index (χ2v) is 4.68. The standard InChI is InChI=1S/C14H19F3N2O3/c1-19(7-8-22-10-14(15,16)17)9-13(20)18-11-3-5-12(21-2)6-4-11/h3-6H,7-10H2,1-2H3,(H,18,20). The first-order valence-electron chi connectivity index (χ1n) is 6.57. The van der Waals surface area contributed by atoms with Crippen molar-refractivity contribution in [3.63, 3.8) is 0 Å². The van der Waals surface area contributed by atoms with Crippen LogP contribution in [0.25, 0.3) is 0 Å². The number of likely N-dealkylation sites (N-methyl/N-ethyl adjacent to an activating group) is 1. The smallest absolute Gasteiger partial charge is 0.411 e. The van der Waals surface area contributed by atoms with Gasteiger partial charge in [-0.1, -0.05) is 0 Å². The van der Waals surface area contributed by atoms with Crippen molar-refractivity contribution in [2.45, 2.75) is 6.18 Å². The predicted molar refractivity (Wildman–Crippen MR) is 76.0 cm³/mol. The number of rotatable bonds is 8. The molecule has 22 heavy (non-hydrogen) atoms. The molecule has 0 saturated carbocycles. The minimum absolute atomic E-state index is 0.0570. The van der Waals surface area contributed by atoms with Gasteiger partial charge in [-0.2, -0.15) is 13.2 Å². The molecule has 0 bridgehead atoms. The molecular formula is C14H19F3N2O3. The van der Waals surface area contributed by atoms with E-state index < -0.39 is 12.8 Å². The van der Waals surface area contributed by atoms with E-state index >= 15 is 0 Å². The molecule has 0 aliphatic rings. The third kappa shape index (κ3) is 7.84. The van der Waals surface area contributed by atoms with E-state index in [-0.39, 0.29) is 25.6 Å². The lowest BCUT2D eigenvalue weighted by Gasteiger charge is -2.16. The summed E-state index contributed by atoms with van der Waals surface area (Å²) in [6, 6.07) is 6.82. The van der Waals surface area contributed by atoms with Crippen molar-refractivity contribution in [1.82, 2.24) is 4.90 Å². The zero-order valence-corrected chi connectivity index (χ0v) is 12.4. The van der Waals surface area contributed by atoms with Gasteiger partial charge in [-0.25, -0.2) is 0 Å². The molecule has 0 atom stereocenters. The third-order valence-corrected chi connectivity index (χ3v) is 2.67. The second kappa shape index (κ2) is 8.60. The second-order valence-electron chi connectivity index (χ2n) is 4.68. The summed E-state index contributed by atoms with van der Waals surface area (Å²) >= 11 is 0. The molecule has 0 aromatic heterocycles. The van der Waals surface area contributed by atoms with Crippen molar-refractivity contribution in [3.8, 4) is 5.75 Å². The lowest BCUT2D eigenvalue weighted by atomic mass is 10.3. The average molecular weight is 320 g/mol. The Kier molecular flexibility index (Phi) is 7.13. The van der Waals surface area contributed by atoms with Gasteiger partial charge in [0.05, 0.1) is 20.3 Å². The molecule has 0 unspecified atom stereocenters. The third-order valence-electron chi connectivity index (χ3n) is 2.67. The van der Waals surface area contributed by atoms with Gasteiger partial charge in [-0.3, -0.25) is 9.69 Å². The van der Waals surface area contributed by atoms with Crippen LogP contribution in [0.15, 0.2) is 24.3 Å². The van der Waals surface area contributed by atoms with Crippen molar-refractivity contribution in [2.24, 2.45) is 0 Å². The molecule has 1 rings (SSSR count). The van der Waals surface area contributed by atoms with Crippen LogP contribution >= 0.6 is 0 Å². The molecule has 0 saturated heterocycles. The van der Waals surface area contributed by atoms with E-state index in [0.29, 0.717) is 11.4 Å². The van der Waals surface area contributed by atoms with E-state index in [0.717, 1.165) is 0 Å². The molecule has 0 heterocycles. The Balaban J connectivity index is 2.25. The Hall–Kier alpha value is -1.80. The first-order chi connectivity index (χ1) is 10.3. The van der Waals surface area contributed by atoms with Gasteiger partial charge in [-0.05, 0) is 31.3 Å². The maximum atomic E-state index is 11.9. The van der Waals surface area contributed by atoms with Crippen molar-refractivity contribution in [1.29, 1.82) is 0 Å². The Morgan fingerprint density at radius 3 is 2.45 bits per heavy atom. The van der Waals surface area contributed by atoms with Crippen LogP contribution < -0.4 is 10.1 Å². The fraction of sp³-hybridized carbons (Fsp3) is 0.500. The topological polar surface area (TPSA) is 50.8 Å². The summed E-state index contributed by atoms with van der Waals surface area (Å²) < 4.78 is 45.1. The fourth-order valence-corrected chi connectivity index (χ4v) is 1.61. The van der Waals surface area contributed by atoms with Crippen LogP contribution in [0.5, 0.6) is 5.75 Å². The maximum Gasteiger partial charge on any atom is 0.411 e. The molecule has 0 aliphatic carbocycles. The minimum Gasteiger partial charge on any atom is -0.497 e. The van der Waals surface area contributed by atoms with Crippen LogP contribution in [0, 0.1) is 0 Å². The van der Waals surface area contributed by atoms with Gasteiger partial charge in [0.1, 0.15) is 12.4 Å². The zero-order chi connectivity index (χ0) is 16.6. The fourth-order valence-electron chi connectivity index (χ4n) is 1.61. The number of amides is 1. The number of nitrogens with zero attached hydrogens (tertiary/aromatic N) is 1. The van der Waals surface area contributed by atoms with Crippen LogP contribution in [0.2, 0.25) is 0 Å². The Morgan fingerprint density at radius 1 is 1.27 bits per heavy atom. The highest BCUT2D eigenvalue weighted by Crippen LogP contribution is 2.15. The van der Waals surface area contributed by atoms with Crippen LogP contribution in [-0.2, 0) is 9.53 Å². The molecule has 1 amide bonds. The summed E-state index contributed by atoms with van der Waals surface area (Å²) in [7, 11) is 3.17. The van der Waals surface area contributed by atoms with E-state index in [1.54, 1.807) is 43.3 Å². The molecule has 0 fully saturated rings. The quantitative estimate of drug-likeness (QED) is 0.746. The number of alkyl halides is 3. The van der Waals surface area contributed by atoms with Gasteiger partial charge in [0.15, 0.2) is 0 Å². The predicted octanol–water partition coefficient (Wildman–Crippen LogP) is 2.14. The normalized spacial score (nSPS) is 11.5. The first kappa shape index (κ1) is 18.2. The zero-order valence-electron chi connectivity index (χ0n) is 12.4. The number of nitrogens with one attached hydrogen (secondary N) is 1. The van der Waals surface area contributed by atoms with Gasteiger partial charge >= 0.3 is 6.18 Å². The molecule has 8 heteroatoms. The summed E-state index contributed by atoms with van der Waals surface area (Å²) in [5.41, 5.74) is 0.618.